The maximum atomic E-state index is 12.7. The third-order valence-corrected chi connectivity index (χ3v) is 2.52. The van der Waals surface area contributed by atoms with Crippen LogP contribution in [0.4, 0.5) is 4.39 Å². The third kappa shape index (κ3) is 2.82. The van der Waals surface area contributed by atoms with Crippen molar-refractivity contribution in [2.24, 2.45) is 0 Å². The van der Waals surface area contributed by atoms with Gasteiger partial charge < -0.3 is 10.1 Å². The van der Waals surface area contributed by atoms with Gasteiger partial charge >= 0.3 is 5.97 Å². The number of carboxylic acid groups (broad SMARTS) is 1. The predicted octanol–water partition coefficient (Wildman–Crippen LogP) is 0.907. The highest BCUT2D eigenvalue weighted by Crippen LogP contribution is 2.12. The second-order valence-electron chi connectivity index (χ2n) is 3.91. The van der Waals surface area contributed by atoms with Gasteiger partial charge in [0.1, 0.15) is 11.5 Å². The smallest absolute Gasteiger partial charge is 0.308 e. The van der Waals surface area contributed by atoms with Crippen LogP contribution in [0.1, 0.15) is 11.3 Å². The zero-order valence-electron chi connectivity index (χ0n) is 9.98. The minimum Gasteiger partial charge on any atom is -0.481 e. The van der Waals surface area contributed by atoms with Gasteiger partial charge in [0.25, 0.3) is 5.56 Å². The third-order valence-electron chi connectivity index (χ3n) is 2.52. The summed E-state index contributed by atoms with van der Waals surface area (Å²) >= 11 is 0. The number of nitrogens with zero attached hydrogens (tertiary/aromatic N) is 2. The predicted molar refractivity (Wildman–Crippen MR) is 64.1 cm³/mol. The minimum atomic E-state index is -1.11. The molecule has 2 N–H and O–H groups in total. The fourth-order valence-electron chi connectivity index (χ4n) is 1.61. The molecular weight excluding hydrogens is 253 g/mol. The van der Waals surface area contributed by atoms with E-state index in [9.17, 15) is 14.0 Å². The van der Waals surface area contributed by atoms with Crippen molar-refractivity contribution in [3.63, 3.8) is 0 Å². The van der Waals surface area contributed by atoms with Crippen molar-refractivity contribution in [2.45, 2.75) is 13.3 Å². The van der Waals surface area contributed by atoms with Crippen LogP contribution >= 0.6 is 0 Å². The van der Waals surface area contributed by atoms with E-state index in [2.05, 4.69) is 15.0 Å². The molecule has 19 heavy (non-hydrogen) atoms. The molecule has 0 spiro atoms. The largest absolute Gasteiger partial charge is 0.481 e. The maximum absolute atomic E-state index is 12.7. The van der Waals surface area contributed by atoms with Crippen molar-refractivity contribution in [2.75, 3.05) is 0 Å². The fourth-order valence-corrected chi connectivity index (χ4v) is 1.61. The van der Waals surface area contributed by atoms with E-state index in [4.69, 9.17) is 5.11 Å². The normalized spacial score (nSPS) is 10.4. The number of H-pyrrole nitrogens is 1. The molecule has 7 heteroatoms. The summed E-state index contributed by atoms with van der Waals surface area (Å²) in [6, 6.07) is 2.58. The zero-order chi connectivity index (χ0) is 14.0. The van der Waals surface area contributed by atoms with Gasteiger partial charge in [-0.25, -0.2) is 14.4 Å². The van der Waals surface area contributed by atoms with Crippen LogP contribution in [-0.2, 0) is 11.2 Å². The van der Waals surface area contributed by atoms with Crippen LogP contribution < -0.4 is 5.56 Å². The fraction of sp³-hybridized carbons (Fsp3) is 0.167. The lowest BCUT2D eigenvalue weighted by Crippen LogP contribution is -2.20. The molecule has 98 valence electrons. The van der Waals surface area contributed by atoms with Crippen LogP contribution in [0.3, 0.4) is 0 Å². The first-order valence-corrected chi connectivity index (χ1v) is 5.41. The number of halogens is 1. The Morgan fingerprint density at radius 3 is 2.74 bits per heavy atom. The van der Waals surface area contributed by atoms with Crippen molar-refractivity contribution in [1.29, 1.82) is 0 Å². The number of hydrogen-bond donors (Lipinski definition) is 2. The van der Waals surface area contributed by atoms with Crippen molar-refractivity contribution >= 4 is 5.97 Å². The second kappa shape index (κ2) is 4.97. The lowest BCUT2D eigenvalue weighted by Gasteiger charge is -2.05. The molecule has 2 aromatic rings. The number of carbonyl (C=O) groups is 1. The Hall–Kier alpha value is -2.57. The Labute approximate surface area is 107 Å². The van der Waals surface area contributed by atoms with E-state index >= 15 is 0 Å². The Balaban J connectivity index is 2.48. The van der Waals surface area contributed by atoms with E-state index in [-0.39, 0.29) is 11.4 Å². The second-order valence-corrected chi connectivity index (χ2v) is 3.91. The van der Waals surface area contributed by atoms with Crippen LogP contribution in [0, 0.1) is 12.7 Å². The maximum Gasteiger partial charge on any atom is 0.308 e. The van der Waals surface area contributed by atoms with Crippen LogP contribution in [0.5, 0.6) is 0 Å². The molecule has 0 aliphatic rings. The van der Waals surface area contributed by atoms with Gasteiger partial charge in [0.05, 0.1) is 12.6 Å². The summed E-state index contributed by atoms with van der Waals surface area (Å²) in [5, 5.41) is 8.70. The Morgan fingerprint density at radius 2 is 2.21 bits per heavy atom. The quantitative estimate of drug-likeness (QED) is 0.857. The SMILES string of the molecule is Cc1nc(-c2ccc(F)cn2)[nH]c(=O)c1CC(=O)O. The average molecular weight is 263 g/mol. The van der Waals surface area contributed by atoms with Crippen LogP contribution in [0.25, 0.3) is 11.5 Å². The number of aryl methyl sites for hydroxylation is 1. The topological polar surface area (TPSA) is 95.9 Å². The van der Waals surface area contributed by atoms with E-state index < -0.39 is 23.8 Å². The molecule has 0 aliphatic heterocycles. The summed E-state index contributed by atoms with van der Waals surface area (Å²) in [5.74, 6) is -1.43. The molecule has 0 unspecified atom stereocenters. The summed E-state index contributed by atoms with van der Waals surface area (Å²) in [4.78, 5) is 32.7. The monoisotopic (exact) mass is 263 g/mol. The van der Waals surface area contributed by atoms with Crippen LogP contribution in [-0.4, -0.2) is 26.0 Å². The Morgan fingerprint density at radius 1 is 1.47 bits per heavy atom. The molecular formula is C12H10FN3O3. The number of aromatic nitrogens is 3. The van der Waals surface area contributed by atoms with Crippen molar-refractivity contribution in [3.05, 3.63) is 45.8 Å². The summed E-state index contributed by atoms with van der Waals surface area (Å²) in [5.41, 5.74) is 0.185. The molecule has 0 saturated heterocycles. The Bertz CT molecular complexity index is 680. The summed E-state index contributed by atoms with van der Waals surface area (Å²) in [6.07, 6.45) is 0.612. The summed E-state index contributed by atoms with van der Waals surface area (Å²) in [6.45, 7) is 1.54. The van der Waals surface area contributed by atoms with E-state index in [1.807, 2.05) is 0 Å². The lowest BCUT2D eigenvalue weighted by atomic mass is 10.1. The molecule has 0 amide bonds. The molecule has 0 radical (unpaired) electrons. The first-order valence-electron chi connectivity index (χ1n) is 5.41. The summed E-state index contributed by atoms with van der Waals surface area (Å²) in [7, 11) is 0. The van der Waals surface area contributed by atoms with E-state index in [0.717, 1.165) is 6.20 Å². The molecule has 0 aromatic carbocycles. The first-order chi connectivity index (χ1) is 8.97. The number of nitrogens with one attached hydrogen (secondary N) is 1. The number of hydrogen-bond acceptors (Lipinski definition) is 4. The highest BCUT2D eigenvalue weighted by molar-refractivity contribution is 5.70. The van der Waals surface area contributed by atoms with E-state index in [0.29, 0.717) is 11.4 Å². The van der Waals surface area contributed by atoms with Crippen molar-refractivity contribution in [3.8, 4) is 11.5 Å². The van der Waals surface area contributed by atoms with Crippen LogP contribution in [0.2, 0.25) is 0 Å². The first kappa shape index (κ1) is 12.9. The molecule has 0 atom stereocenters. The van der Waals surface area contributed by atoms with Gasteiger partial charge in [-0.1, -0.05) is 0 Å². The van der Waals surface area contributed by atoms with Gasteiger partial charge in [0, 0.05) is 11.3 Å². The molecule has 6 nitrogen and oxygen atoms in total. The molecule has 2 aromatic heterocycles. The average Bonchev–Trinajstić information content (AvgIpc) is 2.34. The number of pyridine rings is 1. The van der Waals surface area contributed by atoms with Gasteiger partial charge in [-0.15, -0.1) is 0 Å². The number of carboxylic acids is 1. The number of aromatic amines is 1. The van der Waals surface area contributed by atoms with E-state index in [1.165, 1.54) is 12.1 Å². The lowest BCUT2D eigenvalue weighted by molar-refractivity contribution is -0.136. The standard InChI is InChI=1S/C12H10FN3O3/c1-6-8(4-10(17)18)12(19)16-11(15-6)9-3-2-7(13)5-14-9/h2-3,5H,4H2,1H3,(H,17,18)(H,15,16,19). The molecule has 0 saturated carbocycles. The number of aliphatic carboxylic acids is 1. The molecule has 0 aliphatic carbocycles. The molecule has 2 heterocycles. The molecule has 0 bridgehead atoms. The van der Waals surface area contributed by atoms with Gasteiger partial charge in [-0.2, -0.15) is 0 Å². The van der Waals surface area contributed by atoms with Gasteiger partial charge in [0.2, 0.25) is 0 Å². The van der Waals surface area contributed by atoms with Gasteiger partial charge in [-0.05, 0) is 19.1 Å². The highest BCUT2D eigenvalue weighted by Gasteiger charge is 2.13. The Kier molecular flexibility index (Phi) is 3.37. The van der Waals surface area contributed by atoms with Gasteiger partial charge in [0.15, 0.2) is 5.82 Å². The van der Waals surface area contributed by atoms with Crippen LogP contribution in [0.15, 0.2) is 23.1 Å². The van der Waals surface area contributed by atoms with E-state index in [1.54, 1.807) is 6.92 Å². The zero-order valence-corrected chi connectivity index (χ0v) is 9.98. The summed E-state index contributed by atoms with van der Waals surface area (Å²) < 4.78 is 12.7. The molecule has 2 rings (SSSR count). The van der Waals surface area contributed by atoms with Crippen molar-refractivity contribution < 1.29 is 14.3 Å². The minimum absolute atomic E-state index is 0.0957. The van der Waals surface area contributed by atoms with Crippen molar-refractivity contribution in [1.82, 2.24) is 15.0 Å². The highest BCUT2D eigenvalue weighted by atomic mass is 19.1. The molecule has 0 fully saturated rings. The number of rotatable bonds is 3. The van der Waals surface area contributed by atoms with Gasteiger partial charge in [-0.3, -0.25) is 9.59 Å².